The van der Waals surface area contributed by atoms with Crippen LogP contribution in [0.4, 0.5) is 4.79 Å². The number of likely N-dealkylation sites (tertiary alicyclic amines) is 2. The second-order valence-electron chi connectivity index (χ2n) is 24.1. The van der Waals surface area contributed by atoms with Crippen molar-refractivity contribution in [3.05, 3.63) is 115 Å². The minimum atomic E-state index is -3.80. The van der Waals surface area contributed by atoms with Gasteiger partial charge in [0.1, 0.15) is 29.5 Å². The van der Waals surface area contributed by atoms with Gasteiger partial charge in [0.2, 0.25) is 10.0 Å². The minimum absolute atomic E-state index is 0.0541. The van der Waals surface area contributed by atoms with E-state index >= 15 is 0 Å². The van der Waals surface area contributed by atoms with Crippen LogP contribution in [0.25, 0.3) is 0 Å². The van der Waals surface area contributed by atoms with Gasteiger partial charge in [-0.05, 0) is 189 Å². The smallest absolute Gasteiger partial charge is 0.314 e. The summed E-state index contributed by atoms with van der Waals surface area (Å²) in [6.45, 7) is 6.96. The third kappa shape index (κ3) is 21.3. The number of benzene rings is 4. The monoisotopic (exact) mass is 1370 g/mol. The number of halogens is 4. The van der Waals surface area contributed by atoms with E-state index in [2.05, 4.69) is 63.1 Å². The van der Waals surface area contributed by atoms with Crippen LogP contribution in [0.2, 0.25) is 20.1 Å². The van der Waals surface area contributed by atoms with Crippen LogP contribution in [-0.2, 0) is 56.4 Å². The molecule has 2 saturated heterocycles. The van der Waals surface area contributed by atoms with Crippen molar-refractivity contribution in [2.45, 2.75) is 130 Å². The Morgan fingerprint density at radius 3 is 1.53 bits per heavy atom. The maximum Gasteiger partial charge on any atom is 0.314 e. The fourth-order valence-corrected chi connectivity index (χ4v) is 15.8. The van der Waals surface area contributed by atoms with Crippen LogP contribution in [0.3, 0.4) is 0 Å². The molecule has 2 amide bonds. The number of piperidine rings is 2. The lowest BCUT2D eigenvalue weighted by Crippen LogP contribution is -2.51. The van der Waals surface area contributed by atoms with Crippen molar-refractivity contribution >= 4 is 78.1 Å². The van der Waals surface area contributed by atoms with Crippen LogP contribution in [0, 0.1) is 0 Å². The molecule has 0 radical (unpaired) electrons. The number of nitrogens with one attached hydrogen (secondary N) is 3. The SMILES string of the molecule is CN(C)[C@@H]1CCCN([C@H]2Cc3c(Cl)cc(Cl)cc3[C@@H]2Oc2ccc(S(=O)(=O)CCCOCCOCCNC(=O)NCCCCCC(=O)CCCOCCOCCNS(=O)(=O)c3ccc(O[C@H]4c5cc(Cl)cc(Cl)c5C[C@@H]4N4CCC[C@@H](N(C)C)C4)cc3)cc2)C1. The molecule has 3 N–H and O–H groups in total. The Labute approximate surface area is 553 Å². The van der Waals surface area contributed by atoms with Gasteiger partial charge in [0.25, 0.3) is 0 Å². The number of carbonyl (C=O) groups excluding carboxylic acids is 2. The van der Waals surface area contributed by atoms with Gasteiger partial charge in [0, 0.05) is 102 Å². The zero-order valence-corrected chi connectivity index (χ0v) is 57.1. The highest BCUT2D eigenvalue weighted by atomic mass is 35.5. The lowest BCUT2D eigenvalue weighted by Gasteiger charge is -2.41. The Kier molecular flexibility index (Phi) is 28.4. The largest absolute Gasteiger partial charge is 0.484 e. The van der Waals surface area contributed by atoms with Crippen molar-refractivity contribution in [3.8, 4) is 11.5 Å². The van der Waals surface area contributed by atoms with Gasteiger partial charge in [-0.15, -0.1) is 0 Å². The first-order chi connectivity index (χ1) is 43.3. The Morgan fingerprint density at radius 1 is 0.544 bits per heavy atom. The Balaban J connectivity index is 0.588. The molecule has 498 valence electrons. The molecule has 0 aromatic heterocycles. The van der Waals surface area contributed by atoms with Gasteiger partial charge < -0.3 is 48.9 Å². The van der Waals surface area contributed by atoms with Crippen molar-refractivity contribution in [3.63, 3.8) is 0 Å². The third-order valence-corrected chi connectivity index (χ3v) is 21.7. The summed E-state index contributed by atoms with van der Waals surface area (Å²) >= 11 is 26.4. The average Bonchev–Trinajstić information content (AvgIpc) is 1.64. The number of sulfonamides is 1. The van der Waals surface area contributed by atoms with Crippen LogP contribution < -0.4 is 24.8 Å². The normalized spacial score (nSPS) is 20.6. The molecule has 6 atom stereocenters. The van der Waals surface area contributed by atoms with Gasteiger partial charge in [-0.3, -0.25) is 14.6 Å². The van der Waals surface area contributed by atoms with E-state index in [1.807, 2.05) is 12.1 Å². The zero-order chi connectivity index (χ0) is 64.2. The fraction of sp³-hybridized carbons (Fsp3) is 0.600. The molecule has 2 fully saturated rings. The number of urea groups is 1. The number of Topliss-reactive ketones (excluding diaryl/α,β-unsaturated/α-hetero) is 1. The topological polar surface area (TPSA) is 207 Å². The molecule has 0 spiro atoms. The number of nitrogens with zero attached hydrogens (tertiary/aromatic N) is 4. The molecule has 4 aromatic carbocycles. The van der Waals surface area contributed by atoms with Crippen LogP contribution in [0.1, 0.15) is 105 Å². The zero-order valence-electron chi connectivity index (χ0n) is 52.4. The Morgan fingerprint density at radius 2 is 1.01 bits per heavy atom. The maximum atomic E-state index is 13.2. The minimum Gasteiger partial charge on any atom is -0.484 e. The number of ether oxygens (including phenoxy) is 6. The lowest BCUT2D eigenvalue weighted by molar-refractivity contribution is -0.119. The number of rotatable bonds is 37. The van der Waals surface area contributed by atoms with Crippen LogP contribution in [0.5, 0.6) is 11.5 Å². The maximum absolute atomic E-state index is 13.2. The molecular formula is C65H91Cl4N7O12S2. The van der Waals surface area contributed by atoms with E-state index in [-0.39, 0.29) is 84.6 Å². The molecule has 2 aliphatic carbocycles. The number of hydrogen-bond acceptors (Lipinski definition) is 16. The van der Waals surface area contributed by atoms with Crippen molar-refractivity contribution in [2.24, 2.45) is 0 Å². The van der Waals surface area contributed by atoms with Crippen molar-refractivity contribution in [2.75, 3.05) is 133 Å². The molecule has 8 rings (SSSR count). The number of ketones is 1. The summed E-state index contributed by atoms with van der Waals surface area (Å²) in [7, 11) is 1.11. The molecule has 2 aliphatic heterocycles. The van der Waals surface area contributed by atoms with Gasteiger partial charge in [0.05, 0.1) is 67.3 Å². The summed E-state index contributed by atoms with van der Waals surface area (Å²) in [5.74, 6) is 1.22. The molecule has 4 aliphatic rings. The molecule has 0 bridgehead atoms. The highest BCUT2D eigenvalue weighted by Gasteiger charge is 2.43. The summed E-state index contributed by atoms with van der Waals surface area (Å²) in [5.41, 5.74) is 4.00. The Bertz CT molecular complexity index is 2960. The number of hydrogen-bond donors (Lipinski definition) is 3. The first-order valence-electron chi connectivity index (χ1n) is 31.6. The Hall–Kier alpha value is -3.88. The number of amides is 2. The van der Waals surface area contributed by atoms with Gasteiger partial charge in [-0.1, -0.05) is 52.8 Å². The lowest BCUT2D eigenvalue weighted by atomic mass is 10.0. The second-order valence-corrected chi connectivity index (χ2v) is 29.7. The van der Waals surface area contributed by atoms with E-state index in [1.165, 1.54) is 12.1 Å². The molecule has 25 heteroatoms. The van der Waals surface area contributed by atoms with Crippen molar-refractivity contribution in [1.82, 2.24) is 35.0 Å². The summed E-state index contributed by atoms with van der Waals surface area (Å²) in [4.78, 5) is 34.5. The first kappa shape index (κ1) is 72.0. The standard InChI is InChI=1S/C65H91Cl4N7O12S2/c1-73(2)48-12-8-27-75(44-48)61-42-55-57(38-46(66)40-59(55)68)63(61)87-51-16-20-53(21-17-51)89(79,80)37-11-30-84-34-35-85-31-25-71-65(78)70-24-7-5-6-14-50(77)15-10-29-83-33-36-86-32-26-72-90(81,82)54-22-18-52(19-23-54)88-64-58-39-47(67)41-60(69)56(58)43-62(64)76-28-9-13-49(45-76)74(3)4/h16-23,38-41,48-49,61-64,72H,5-15,24-37,42-45H2,1-4H3,(H2,70,71,78)/t48-,49-,61+,62+,63+,64+/m1/s1. The van der Waals surface area contributed by atoms with Gasteiger partial charge in [0.15, 0.2) is 9.84 Å². The molecule has 0 unspecified atom stereocenters. The highest BCUT2D eigenvalue weighted by Crippen LogP contribution is 2.45. The van der Waals surface area contributed by atoms with E-state index < -0.39 is 19.9 Å². The number of fused-ring (bicyclic) bond motifs is 2. The molecule has 90 heavy (non-hydrogen) atoms. The number of sulfone groups is 1. The fourth-order valence-electron chi connectivity index (χ4n) is 12.4. The summed E-state index contributed by atoms with van der Waals surface area (Å²) in [6, 6.07) is 21.2. The predicted octanol–water partition coefficient (Wildman–Crippen LogP) is 9.86. The van der Waals surface area contributed by atoms with E-state index in [1.54, 1.807) is 48.5 Å². The molecule has 2 heterocycles. The summed E-state index contributed by atoms with van der Waals surface area (Å²) < 4.78 is 91.0. The van der Waals surface area contributed by atoms with Crippen molar-refractivity contribution < 1.29 is 54.8 Å². The number of unbranched alkanes of at least 4 members (excludes halogenated alkanes) is 2. The molecular weight excluding hydrogens is 1280 g/mol. The molecule has 19 nitrogen and oxygen atoms in total. The van der Waals surface area contributed by atoms with E-state index in [0.29, 0.717) is 109 Å². The van der Waals surface area contributed by atoms with E-state index in [0.717, 1.165) is 106 Å². The van der Waals surface area contributed by atoms with E-state index in [4.69, 9.17) is 74.8 Å². The average molecular weight is 1370 g/mol. The second kappa shape index (κ2) is 35.6. The highest BCUT2D eigenvalue weighted by molar-refractivity contribution is 7.91. The van der Waals surface area contributed by atoms with Gasteiger partial charge in [-0.2, -0.15) is 0 Å². The quantitative estimate of drug-likeness (QED) is 0.0359. The molecule has 0 saturated carbocycles. The van der Waals surface area contributed by atoms with E-state index in [9.17, 15) is 26.4 Å². The predicted molar refractivity (Wildman–Crippen MR) is 353 cm³/mol. The van der Waals surface area contributed by atoms with Gasteiger partial charge in [-0.25, -0.2) is 26.4 Å². The number of likely N-dealkylation sites (N-methyl/N-ethyl adjacent to an activating group) is 2. The molecule has 4 aromatic rings. The first-order valence-corrected chi connectivity index (χ1v) is 36.3. The summed E-state index contributed by atoms with van der Waals surface area (Å²) in [6.07, 6.45) is 9.38. The van der Waals surface area contributed by atoms with Crippen LogP contribution in [-0.4, -0.2) is 205 Å². The summed E-state index contributed by atoms with van der Waals surface area (Å²) in [5, 5.41) is 7.94. The van der Waals surface area contributed by atoms with Gasteiger partial charge >= 0.3 is 6.03 Å². The van der Waals surface area contributed by atoms with Crippen LogP contribution >= 0.6 is 46.4 Å². The van der Waals surface area contributed by atoms with Crippen molar-refractivity contribution in [1.29, 1.82) is 0 Å². The van der Waals surface area contributed by atoms with Crippen LogP contribution in [0.15, 0.2) is 82.6 Å². The number of carbonyl (C=O) groups is 2. The third-order valence-electron chi connectivity index (χ3n) is 17.3.